The molecule has 152 valence electrons. The predicted molar refractivity (Wildman–Crippen MR) is 104 cm³/mol. The van der Waals surface area contributed by atoms with Gasteiger partial charge < -0.3 is 15.0 Å². The molecule has 1 saturated carbocycles. The Kier molecular flexibility index (Phi) is 5.47. The highest BCUT2D eigenvalue weighted by Crippen LogP contribution is 2.51. The van der Waals surface area contributed by atoms with Gasteiger partial charge in [-0.25, -0.2) is 4.39 Å². The van der Waals surface area contributed by atoms with Gasteiger partial charge in [-0.05, 0) is 49.2 Å². The summed E-state index contributed by atoms with van der Waals surface area (Å²) < 4.78 is 18.5. The Bertz CT molecular complexity index is 869. The Hall–Kier alpha value is -2.96. The van der Waals surface area contributed by atoms with Crippen LogP contribution in [0.2, 0.25) is 0 Å². The lowest BCUT2D eigenvalue weighted by Crippen LogP contribution is -2.45. The van der Waals surface area contributed by atoms with Gasteiger partial charge >= 0.3 is 0 Å². The molecule has 2 aliphatic rings. The van der Waals surface area contributed by atoms with Crippen molar-refractivity contribution in [1.82, 2.24) is 15.2 Å². The fraction of sp³-hybridized carbons (Fsp3) is 0.409. The van der Waals surface area contributed by atoms with Gasteiger partial charge in [0.1, 0.15) is 11.6 Å². The number of rotatable bonds is 6. The molecule has 1 atom stereocenters. The zero-order valence-corrected chi connectivity index (χ0v) is 16.1. The number of halogens is 1. The Morgan fingerprint density at radius 1 is 1.21 bits per heavy atom. The largest absolute Gasteiger partial charge is 0.484 e. The molecule has 1 N–H and O–H groups in total. The Balaban J connectivity index is 1.34. The first-order valence-corrected chi connectivity index (χ1v) is 9.89. The summed E-state index contributed by atoms with van der Waals surface area (Å²) in [6.45, 7) is 1.25. The number of hydrogen-bond donors (Lipinski definition) is 1. The van der Waals surface area contributed by atoms with Crippen molar-refractivity contribution in [1.29, 1.82) is 0 Å². The molecule has 0 radical (unpaired) electrons. The van der Waals surface area contributed by atoms with Crippen molar-refractivity contribution in [3.05, 3.63) is 60.2 Å². The molecule has 1 aromatic heterocycles. The van der Waals surface area contributed by atoms with Crippen molar-refractivity contribution < 1.29 is 18.7 Å². The molecule has 2 heterocycles. The zero-order valence-electron chi connectivity index (χ0n) is 16.1. The number of nitrogens with one attached hydrogen (secondary N) is 1. The highest BCUT2D eigenvalue weighted by atomic mass is 19.1. The third-order valence-electron chi connectivity index (χ3n) is 6.01. The summed E-state index contributed by atoms with van der Waals surface area (Å²) in [6, 6.07) is 11.2. The number of pyridine rings is 1. The van der Waals surface area contributed by atoms with E-state index < -0.39 is 0 Å². The first-order valence-electron chi connectivity index (χ1n) is 9.89. The molecular weight excluding hydrogens is 373 g/mol. The number of carbonyl (C=O) groups is 2. The van der Waals surface area contributed by atoms with Crippen molar-refractivity contribution in [2.24, 2.45) is 11.3 Å². The number of nitrogens with zero attached hydrogens (tertiary/aromatic N) is 2. The summed E-state index contributed by atoms with van der Waals surface area (Å²) in [6.07, 6.45) is 4.69. The summed E-state index contributed by atoms with van der Waals surface area (Å²) in [4.78, 5) is 31.5. The zero-order chi connectivity index (χ0) is 20.3. The lowest BCUT2D eigenvalue weighted by Gasteiger charge is -2.41. The minimum absolute atomic E-state index is 0.0230. The van der Waals surface area contributed by atoms with E-state index in [0.29, 0.717) is 25.4 Å². The van der Waals surface area contributed by atoms with E-state index in [0.717, 1.165) is 25.0 Å². The first kappa shape index (κ1) is 19.4. The van der Waals surface area contributed by atoms with Gasteiger partial charge in [0, 0.05) is 24.7 Å². The minimum atomic E-state index is -0.352. The number of carbonyl (C=O) groups excluding carboxylic acids is 2. The summed E-state index contributed by atoms with van der Waals surface area (Å²) in [5.74, 6) is -0.294. The van der Waals surface area contributed by atoms with Crippen molar-refractivity contribution in [3.8, 4) is 5.75 Å². The quantitative estimate of drug-likeness (QED) is 0.813. The van der Waals surface area contributed by atoms with Crippen LogP contribution >= 0.6 is 0 Å². The van der Waals surface area contributed by atoms with E-state index >= 15 is 0 Å². The second-order valence-corrected chi connectivity index (χ2v) is 7.82. The topological polar surface area (TPSA) is 71.5 Å². The van der Waals surface area contributed by atoms with Crippen molar-refractivity contribution in [2.45, 2.75) is 25.8 Å². The lowest BCUT2D eigenvalue weighted by atomic mass is 9.62. The van der Waals surface area contributed by atoms with E-state index in [9.17, 15) is 14.0 Å². The van der Waals surface area contributed by atoms with Crippen LogP contribution in [0.1, 0.15) is 25.0 Å². The van der Waals surface area contributed by atoms with E-state index in [2.05, 4.69) is 10.3 Å². The first-order chi connectivity index (χ1) is 14.1. The van der Waals surface area contributed by atoms with E-state index in [1.54, 1.807) is 11.1 Å². The van der Waals surface area contributed by atoms with E-state index in [1.807, 2.05) is 18.2 Å². The Labute approximate surface area is 169 Å². The summed E-state index contributed by atoms with van der Waals surface area (Å²) in [5.41, 5.74) is 0.682. The number of ether oxygens (including phenoxy) is 1. The molecule has 4 rings (SSSR count). The van der Waals surface area contributed by atoms with Crippen LogP contribution in [0.4, 0.5) is 4.39 Å². The highest BCUT2D eigenvalue weighted by Gasteiger charge is 2.54. The van der Waals surface area contributed by atoms with Crippen LogP contribution in [-0.2, 0) is 16.1 Å². The molecule has 0 bridgehead atoms. The average Bonchev–Trinajstić information content (AvgIpc) is 3.14. The third-order valence-corrected chi connectivity index (χ3v) is 6.01. The van der Waals surface area contributed by atoms with Gasteiger partial charge in [-0.2, -0.15) is 0 Å². The number of hydrogen-bond acceptors (Lipinski definition) is 4. The van der Waals surface area contributed by atoms with Crippen LogP contribution in [0.25, 0.3) is 0 Å². The maximum Gasteiger partial charge on any atom is 0.260 e. The number of likely N-dealkylation sites (tertiary alicyclic amines) is 1. The normalized spacial score (nSPS) is 19.6. The van der Waals surface area contributed by atoms with Gasteiger partial charge in [0.05, 0.1) is 18.2 Å². The van der Waals surface area contributed by atoms with E-state index in [4.69, 9.17) is 4.74 Å². The molecule has 2 amide bonds. The highest BCUT2D eigenvalue weighted by molar-refractivity contribution is 5.83. The average molecular weight is 397 g/mol. The molecule has 29 heavy (non-hydrogen) atoms. The van der Waals surface area contributed by atoms with Crippen LogP contribution in [0.3, 0.4) is 0 Å². The van der Waals surface area contributed by atoms with Crippen molar-refractivity contribution in [2.75, 3.05) is 19.7 Å². The van der Waals surface area contributed by atoms with E-state index in [-0.39, 0.29) is 35.6 Å². The molecular formula is C22H24FN3O3. The van der Waals surface area contributed by atoms with Crippen LogP contribution in [0.5, 0.6) is 5.75 Å². The third kappa shape index (κ3) is 4.23. The standard InChI is InChI=1S/C22H24FN3O3/c23-16-5-7-18(8-6-16)29-14-20(27)26-13-19(22(15-26)9-3-10-22)21(28)25-12-17-4-1-2-11-24-17/h1-2,4-8,11,19H,3,9-10,12-15H2,(H,25,28). The molecule has 1 unspecified atom stereocenters. The van der Waals surface area contributed by atoms with Gasteiger partial charge in [0.15, 0.2) is 6.61 Å². The number of benzene rings is 1. The molecule has 6 nitrogen and oxygen atoms in total. The lowest BCUT2D eigenvalue weighted by molar-refractivity contribution is -0.133. The molecule has 2 fully saturated rings. The second-order valence-electron chi connectivity index (χ2n) is 7.82. The van der Waals surface area contributed by atoms with Gasteiger partial charge in [-0.15, -0.1) is 0 Å². The maximum atomic E-state index is 13.0. The van der Waals surface area contributed by atoms with Crippen LogP contribution in [-0.4, -0.2) is 41.4 Å². The van der Waals surface area contributed by atoms with Gasteiger partial charge in [0.2, 0.25) is 5.91 Å². The van der Waals surface area contributed by atoms with Gasteiger partial charge in [-0.3, -0.25) is 14.6 Å². The fourth-order valence-electron chi connectivity index (χ4n) is 4.23. The van der Waals surface area contributed by atoms with Crippen molar-refractivity contribution in [3.63, 3.8) is 0 Å². The summed E-state index contributed by atoms with van der Waals surface area (Å²) in [7, 11) is 0. The van der Waals surface area contributed by atoms with Gasteiger partial charge in [-0.1, -0.05) is 12.5 Å². The maximum absolute atomic E-state index is 13.0. The molecule has 1 aromatic carbocycles. The van der Waals surface area contributed by atoms with Crippen molar-refractivity contribution >= 4 is 11.8 Å². The molecule has 1 spiro atoms. The fourth-order valence-corrected chi connectivity index (χ4v) is 4.23. The van der Waals surface area contributed by atoms with Crippen LogP contribution in [0, 0.1) is 17.2 Å². The number of aromatic nitrogens is 1. The molecule has 7 heteroatoms. The smallest absolute Gasteiger partial charge is 0.260 e. The van der Waals surface area contributed by atoms with Crippen LogP contribution in [0.15, 0.2) is 48.7 Å². The predicted octanol–water partition coefficient (Wildman–Crippen LogP) is 2.54. The Morgan fingerprint density at radius 2 is 2.00 bits per heavy atom. The SMILES string of the molecule is O=C(NCc1ccccn1)C1CN(C(=O)COc2ccc(F)cc2)CC12CCC2. The molecule has 1 saturated heterocycles. The summed E-state index contributed by atoms with van der Waals surface area (Å²) >= 11 is 0. The second kappa shape index (κ2) is 8.19. The molecule has 2 aromatic rings. The Morgan fingerprint density at radius 3 is 2.66 bits per heavy atom. The molecule has 1 aliphatic heterocycles. The molecule has 1 aliphatic carbocycles. The minimum Gasteiger partial charge on any atom is -0.484 e. The van der Waals surface area contributed by atoms with Crippen LogP contribution < -0.4 is 10.1 Å². The summed E-state index contributed by atoms with van der Waals surface area (Å²) in [5, 5.41) is 2.98. The van der Waals surface area contributed by atoms with Gasteiger partial charge in [0.25, 0.3) is 5.91 Å². The number of amides is 2. The van der Waals surface area contributed by atoms with E-state index in [1.165, 1.54) is 24.3 Å². The monoisotopic (exact) mass is 397 g/mol.